The maximum atomic E-state index is 4.26. The number of nitrogens with one attached hydrogen (secondary N) is 1. The molecule has 1 aromatic heterocycles. The number of nitrogens with zero attached hydrogens (tertiary/aromatic N) is 2. The molecule has 0 aromatic carbocycles. The van der Waals surface area contributed by atoms with Crippen LogP contribution in [-0.4, -0.2) is 28.0 Å². The average Bonchev–Trinajstić information content (AvgIpc) is 2.77. The van der Waals surface area contributed by atoms with E-state index < -0.39 is 0 Å². The van der Waals surface area contributed by atoms with Gasteiger partial charge in [-0.25, -0.2) is 0 Å². The molecule has 0 spiro atoms. The van der Waals surface area contributed by atoms with Crippen LogP contribution < -0.4 is 5.32 Å². The number of aromatic nitrogens is 2. The predicted molar refractivity (Wildman–Crippen MR) is 79.4 cm³/mol. The summed E-state index contributed by atoms with van der Waals surface area (Å²) in [6.45, 7) is 7.60. The third-order valence-corrected chi connectivity index (χ3v) is 5.98. The summed E-state index contributed by atoms with van der Waals surface area (Å²) in [5.41, 5.74) is 0. The van der Waals surface area contributed by atoms with Gasteiger partial charge < -0.3 is 5.32 Å². The van der Waals surface area contributed by atoms with Crippen molar-refractivity contribution in [1.82, 2.24) is 15.5 Å². The molecule has 1 aliphatic carbocycles. The Hall–Kier alpha value is -0.130. The zero-order chi connectivity index (χ0) is 13.0. The Morgan fingerprint density at radius 3 is 2.78 bits per heavy atom. The lowest BCUT2D eigenvalue weighted by Crippen LogP contribution is -2.42. The molecule has 2 rings (SSSR count). The van der Waals surface area contributed by atoms with E-state index in [1.54, 1.807) is 11.3 Å². The standard InChI is InChI=1S/C13H23N3S2/c1-4-10-6-7-11(14-5-2)12(8-10)18-13-16-15-9(3)17-13/h10-12,14H,4-8H2,1-3H3. The third-order valence-electron chi connectivity index (χ3n) is 3.70. The molecule has 0 aliphatic heterocycles. The topological polar surface area (TPSA) is 37.8 Å². The molecule has 1 N–H and O–H groups in total. The molecule has 102 valence electrons. The summed E-state index contributed by atoms with van der Waals surface area (Å²) in [5, 5.41) is 13.8. The Kier molecular flexibility index (Phi) is 5.45. The van der Waals surface area contributed by atoms with E-state index in [9.17, 15) is 0 Å². The van der Waals surface area contributed by atoms with Crippen molar-refractivity contribution < 1.29 is 0 Å². The van der Waals surface area contributed by atoms with Gasteiger partial charge in [0.25, 0.3) is 0 Å². The molecule has 3 unspecified atom stereocenters. The number of rotatable bonds is 5. The fourth-order valence-corrected chi connectivity index (χ4v) is 5.12. The van der Waals surface area contributed by atoms with E-state index >= 15 is 0 Å². The summed E-state index contributed by atoms with van der Waals surface area (Å²) in [6.07, 6.45) is 5.31. The number of hydrogen-bond acceptors (Lipinski definition) is 5. The molecular weight excluding hydrogens is 262 g/mol. The zero-order valence-corrected chi connectivity index (χ0v) is 13.1. The van der Waals surface area contributed by atoms with Gasteiger partial charge >= 0.3 is 0 Å². The summed E-state index contributed by atoms with van der Waals surface area (Å²) < 4.78 is 1.14. The zero-order valence-electron chi connectivity index (χ0n) is 11.5. The minimum atomic E-state index is 0.645. The first-order chi connectivity index (χ1) is 8.72. The van der Waals surface area contributed by atoms with Crippen molar-refractivity contribution >= 4 is 23.1 Å². The van der Waals surface area contributed by atoms with Crippen molar-refractivity contribution in [3.63, 3.8) is 0 Å². The van der Waals surface area contributed by atoms with Gasteiger partial charge in [0.15, 0.2) is 4.34 Å². The molecule has 1 fully saturated rings. The lowest BCUT2D eigenvalue weighted by atomic mass is 9.84. The molecule has 1 aromatic rings. The Morgan fingerprint density at radius 1 is 1.33 bits per heavy atom. The minimum Gasteiger partial charge on any atom is -0.313 e. The summed E-state index contributed by atoms with van der Waals surface area (Å²) in [4.78, 5) is 0. The second-order valence-corrected chi connectivity index (χ2v) is 7.66. The Balaban J connectivity index is 2.00. The van der Waals surface area contributed by atoms with Crippen LogP contribution in [-0.2, 0) is 0 Å². The SMILES string of the molecule is CCNC1CCC(CC)CC1Sc1nnc(C)s1. The van der Waals surface area contributed by atoms with Gasteiger partial charge in [0, 0.05) is 11.3 Å². The number of aryl methyl sites for hydroxylation is 1. The fraction of sp³-hybridized carbons (Fsp3) is 0.846. The van der Waals surface area contributed by atoms with Gasteiger partial charge in [-0.3, -0.25) is 0 Å². The average molecular weight is 285 g/mol. The van der Waals surface area contributed by atoms with Crippen molar-refractivity contribution in [2.24, 2.45) is 5.92 Å². The molecule has 3 atom stereocenters. The van der Waals surface area contributed by atoms with Gasteiger partial charge in [0.05, 0.1) is 0 Å². The van der Waals surface area contributed by atoms with Crippen LogP contribution >= 0.6 is 23.1 Å². The van der Waals surface area contributed by atoms with Crippen LogP contribution in [0.25, 0.3) is 0 Å². The molecule has 3 nitrogen and oxygen atoms in total. The molecule has 1 saturated carbocycles. The van der Waals surface area contributed by atoms with E-state index in [0.29, 0.717) is 11.3 Å². The van der Waals surface area contributed by atoms with Crippen LogP contribution in [0.1, 0.15) is 44.5 Å². The Labute approximate surface area is 118 Å². The third kappa shape index (κ3) is 3.68. The monoisotopic (exact) mass is 285 g/mol. The van der Waals surface area contributed by atoms with E-state index in [4.69, 9.17) is 0 Å². The highest BCUT2D eigenvalue weighted by molar-refractivity contribution is 8.01. The first-order valence-electron chi connectivity index (χ1n) is 6.93. The number of hydrogen-bond donors (Lipinski definition) is 1. The van der Waals surface area contributed by atoms with E-state index in [1.165, 1.54) is 25.7 Å². The van der Waals surface area contributed by atoms with Gasteiger partial charge in [0.2, 0.25) is 0 Å². The number of thioether (sulfide) groups is 1. The molecule has 5 heteroatoms. The predicted octanol–water partition coefficient (Wildman–Crippen LogP) is 3.50. The van der Waals surface area contributed by atoms with Crippen molar-refractivity contribution in [3.05, 3.63) is 5.01 Å². The lowest BCUT2D eigenvalue weighted by Gasteiger charge is -2.35. The van der Waals surface area contributed by atoms with Gasteiger partial charge in [-0.2, -0.15) is 0 Å². The van der Waals surface area contributed by atoms with Crippen LogP contribution in [0.3, 0.4) is 0 Å². The summed E-state index contributed by atoms with van der Waals surface area (Å²) >= 11 is 3.66. The van der Waals surface area contributed by atoms with Gasteiger partial charge in [-0.1, -0.05) is 43.4 Å². The van der Waals surface area contributed by atoms with E-state index in [0.717, 1.165) is 21.8 Å². The fourth-order valence-electron chi connectivity index (χ4n) is 2.66. The maximum absolute atomic E-state index is 4.26. The second-order valence-electron chi connectivity index (χ2n) is 4.99. The van der Waals surface area contributed by atoms with Gasteiger partial charge in [0.1, 0.15) is 5.01 Å². The quantitative estimate of drug-likeness (QED) is 0.898. The van der Waals surface area contributed by atoms with E-state index in [2.05, 4.69) is 29.4 Å². The van der Waals surface area contributed by atoms with Crippen LogP contribution in [0, 0.1) is 12.8 Å². The second kappa shape index (κ2) is 6.87. The van der Waals surface area contributed by atoms with Crippen LogP contribution in [0.5, 0.6) is 0 Å². The van der Waals surface area contributed by atoms with E-state index in [-0.39, 0.29) is 0 Å². The van der Waals surface area contributed by atoms with Crippen LogP contribution in [0.4, 0.5) is 0 Å². The molecule has 1 heterocycles. The summed E-state index contributed by atoms with van der Waals surface area (Å²) in [6, 6.07) is 0.645. The molecule has 1 aliphatic rings. The molecular formula is C13H23N3S2. The highest BCUT2D eigenvalue weighted by Gasteiger charge is 2.30. The molecule has 0 amide bonds. The molecule has 0 radical (unpaired) electrons. The summed E-state index contributed by atoms with van der Waals surface area (Å²) in [7, 11) is 0. The highest BCUT2D eigenvalue weighted by Crippen LogP contribution is 2.38. The summed E-state index contributed by atoms with van der Waals surface area (Å²) in [5.74, 6) is 0.895. The van der Waals surface area contributed by atoms with Gasteiger partial charge in [-0.15, -0.1) is 10.2 Å². The molecule has 18 heavy (non-hydrogen) atoms. The Bertz CT molecular complexity index is 367. The molecule has 0 saturated heterocycles. The first-order valence-corrected chi connectivity index (χ1v) is 8.62. The largest absolute Gasteiger partial charge is 0.313 e. The van der Waals surface area contributed by atoms with Crippen molar-refractivity contribution in [3.8, 4) is 0 Å². The lowest BCUT2D eigenvalue weighted by molar-refractivity contribution is 0.298. The van der Waals surface area contributed by atoms with Crippen molar-refractivity contribution in [2.45, 2.75) is 62.1 Å². The van der Waals surface area contributed by atoms with Crippen molar-refractivity contribution in [1.29, 1.82) is 0 Å². The van der Waals surface area contributed by atoms with Crippen molar-refractivity contribution in [2.75, 3.05) is 6.54 Å². The van der Waals surface area contributed by atoms with Gasteiger partial charge in [-0.05, 0) is 38.6 Å². The normalized spacial score (nSPS) is 28.5. The van der Waals surface area contributed by atoms with Crippen LogP contribution in [0.2, 0.25) is 0 Å². The van der Waals surface area contributed by atoms with Crippen LogP contribution in [0.15, 0.2) is 4.34 Å². The first kappa shape index (κ1) is 14.3. The molecule has 0 bridgehead atoms. The maximum Gasteiger partial charge on any atom is 0.174 e. The highest BCUT2D eigenvalue weighted by atomic mass is 32.2. The minimum absolute atomic E-state index is 0.645. The van der Waals surface area contributed by atoms with E-state index in [1.807, 2.05) is 18.7 Å². The smallest absolute Gasteiger partial charge is 0.174 e. The Morgan fingerprint density at radius 2 is 2.17 bits per heavy atom.